The second-order valence-corrected chi connectivity index (χ2v) is 4.21. The first-order valence-electron chi connectivity index (χ1n) is 5.74. The molecule has 1 aliphatic heterocycles. The van der Waals surface area contributed by atoms with Gasteiger partial charge in [-0.05, 0) is 30.5 Å². The number of nitrogens with one attached hydrogen (secondary N) is 1. The molecule has 0 saturated heterocycles. The highest BCUT2D eigenvalue weighted by atomic mass is 16.5. The van der Waals surface area contributed by atoms with E-state index in [0.717, 1.165) is 11.3 Å². The first-order chi connectivity index (χ1) is 8.61. The van der Waals surface area contributed by atoms with Gasteiger partial charge < -0.3 is 20.9 Å². The number of nitrogens with two attached hydrogens (primary N) is 1. The molecule has 1 aromatic rings. The van der Waals surface area contributed by atoms with Crippen molar-refractivity contribution in [2.45, 2.75) is 18.9 Å². The summed E-state index contributed by atoms with van der Waals surface area (Å²) < 4.78 is 5.17. The van der Waals surface area contributed by atoms with Crippen LogP contribution in [0.4, 0.5) is 0 Å². The Balaban J connectivity index is 2.20. The van der Waals surface area contributed by atoms with Crippen LogP contribution in [-0.2, 0) is 4.79 Å². The first kappa shape index (κ1) is 12.3. The third-order valence-corrected chi connectivity index (χ3v) is 3.09. The van der Waals surface area contributed by atoms with Crippen LogP contribution in [0.25, 0.3) is 0 Å². The molecule has 1 aliphatic rings. The molecule has 0 aromatic heterocycles. The van der Waals surface area contributed by atoms with Crippen molar-refractivity contribution in [3.05, 3.63) is 41.2 Å². The fraction of sp³-hybridized carbons (Fsp3) is 0.308. The average Bonchev–Trinajstić information content (AvgIpc) is 2.38. The number of carboxylic acid groups (broad SMARTS) is 1. The van der Waals surface area contributed by atoms with Crippen molar-refractivity contribution >= 4 is 5.97 Å². The van der Waals surface area contributed by atoms with Crippen molar-refractivity contribution in [1.82, 2.24) is 5.32 Å². The molecule has 0 bridgehead atoms. The molecule has 1 atom stereocenters. The molecule has 0 amide bonds. The van der Waals surface area contributed by atoms with Gasteiger partial charge in [-0.3, -0.25) is 0 Å². The Labute approximate surface area is 105 Å². The topological polar surface area (TPSA) is 84.6 Å². The molecule has 0 spiro atoms. The van der Waals surface area contributed by atoms with Crippen molar-refractivity contribution in [1.29, 1.82) is 0 Å². The van der Waals surface area contributed by atoms with Gasteiger partial charge in [-0.1, -0.05) is 12.1 Å². The molecule has 2 rings (SSSR count). The van der Waals surface area contributed by atoms with E-state index >= 15 is 0 Å². The minimum Gasteiger partial charge on any atom is -0.497 e. The lowest BCUT2D eigenvalue weighted by atomic mass is 9.95. The summed E-state index contributed by atoms with van der Waals surface area (Å²) in [5, 5.41) is 12.0. The van der Waals surface area contributed by atoms with E-state index in [1.165, 1.54) is 0 Å². The number of aliphatic carboxylic acids is 1. The van der Waals surface area contributed by atoms with E-state index in [4.69, 9.17) is 15.6 Å². The van der Waals surface area contributed by atoms with E-state index in [2.05, 4.69) is 5.32 Å². The van der Waals surface area contributed by atoms with Crippen molar-refractivity contribution in [2.24, 2.45) is 5.73 Å². The fourth-order valence-corrected chi connectivity index (χ4v) is 2.10. The van der Waals surface area contributed by atoms with Gasteiger partial charge in [0.05, 0.1) is 18.7 Å². The van der Waals surface area contributed by atoms with E-state index in [1.807, 2.05) is 24.3 Å². The number of carbonyl (C=O) groups is 1. The summed E-state index contributed by atoms with van der Waals surface area (Å²) >= 11 is 0. The summed E-state index contributed by atoms with van der Waals surface area (Å²) in [6, 6.07) is 7.70. The lowest BCUT2D eigenvalue weighted by Crippen LogP contribution is -2.32. The van der Waals surface area contributed by atoms with Gasteiger partial charge in [0.15, 0.2) is 0 Å². The molecule has 0 fully saturated rings. The number of methoxy groups -OCH3 is 1. The molecule has 1 heterocycles. The highest BCUT2D eigenvalue weighted by Gasteiger charge is 2.23. The van der Waals surface area contributed by atoms with Crippen LogP contribution in [0.3, 0.4) is 0 Å². The van der Waals surface area contributed by atoms with Gasteiger partial charge in [0.2, 0.25) is 0 Å². The summed E-state index contributed by atoms with van der Waals surface area (Å²) in [6.07, 6.45) is 1.17. The summed E-state index contributed by atoms with van der Waals surface area (Å²) in [4.78, 5) is 10.9. The van der Waals surface area contributed by atoms with E-state index < -0.39 is 5.97 Å². The second-order valence-electron chi connectivity index (χ2n) is 4.21. The SMILES string of the molecule is COc1cccc([C@H]2CCC(C(=O)O)=C(N)N2)c1. The molecule has 4 N–H and O–H groups in total. The monoisotopic (exact) mass is 248 g/mol. The standard InChI is InChI=1S/C13H16N2O3/c1-18-9-4-2-3-8(7-9)11-6-5-10(13(16)17)12(14)15-11/h2-4,7,11,15H,5-6,14H2,1H3,(H,16,17)/t11-/m1/s1. The summed E-state index contributed by atoms with van der Waals surface area (Å²) in [5.41, 5.74) is 7.04. The zero-order chi connectivity index (χ0) is 13.1. The lowest BCUT2D eigenvalue weighted by molar-refractivity contribution is -0.133. The summed E-state index contributed by atoms with van der Waals surface area (Å²) in [6.45, 7) is 0. The van der Waals surface area contributed by atoms with E-state index in [1.54, 1.807) is 7.11 Å². The molecular weight excluding hydrogens is 232 g/mol. The molecule has 0 saturated carbocycles. The van der Waals surface area contributed by atoms with Crippen molar-refractivity contribution in [3.63, 3.8) is 0 Å². The maximum atomic E-state index is 10.9. The van der Waals surface area contributed by atoms with Crippen LogP contribution >= 0.6 is 0 Å². The molecule has 18 heavy (non-hydrogen) atoms. The smallest absolute Gasteiger partial charge is 0.335 e. The van der Waals surface area contributed by atoms with Crippen molar-refractivity contribution < 1.29 is 14.6 Å². The van der Waals surface area contributed by atoms with Crippen LogP contribution in [0.2, 0.25) is 0 Å². The highest BCUT2D eigenvalue weighted by molar-refractivity contribution is 5.87. The van der Waals surface area contributed by atoms with Gasteiger partial charge in [0.25, 0.3) is 0 Å². The Morgan fingerprint density at radius 1 is 1.56 bits per heavy atom. The highest BCUT2D eigenvalue weighted by Crippen LogP contribution is 2.28. The molecular formula is C13H16N2O3. The largest absolute Gasteiger partial charge is 0.497 e. The Kier molecular flexibility index (Phi) is 3.41. The normalized spacial score (nSPS) is 19.3. The maximum absolute atomic E-state index is 10.9. The summed E-state index contributed by atoms with van der Waals surface area (Å²) in [5.74, 6) is 0.0755. The van der Waals surface area contributed by atoms with Crippen LogP contribution < -0.4 is 15.8 Å². The summed E-state index contributed by atoms with van der Waals surface area (Å²) in [7, 11) is 1.62. The van der Waals surface area contributed by atoms with E-state index in [0.29, 0.717) is 12.8 Å². The van der Waals surface area contributed by atoms with Gasteiger partial charge in [-0.2, -0.15) is 0 Å². The lowest BCUT2D eigenvalue weighted by Gasteiger charge is -2.26. The zero-order valence-corrected chi connectivity index (χ0v) is 10.1. The number of hydrogen-bond donors (Lipinski definition) is 3. The maximum Gasteiger partial charge on any atom is 0.335 e. The predicted octanol–water partition coefficient (Wildman–Crippen LogP) is 1.37. The van der Waals surface area contributed by atoms with E-state index in [-0.39, 0.29) is 17.4 Å². The molecule has 1 aromatic carbocycles. The van der Waals surface area contributed by atoms with Crippen molar-refractivity contribution in [2.75, 3.05) is 7.11 Å². The Morgan fingerprint density at radius 2 is 2.33 bits per heavy atom. The number of rotatable bonds is 3. The second kappa shape index (κ2) is 5.00. The van der Waals surface area contributed by atoms with Gasteiger partial charge in [0.1, 0.15) is 11.6 Å². The third kappa shape index (κ3) is 2.40. The van der Waals surface area contributed by atoms with Crippen LogP contribution in [-0.4, -0.2) is 18.2 Å². The van der Waals surface area contributed by atoms with Gasteiger partial charge >= 0.3 is 5.97 Å². The zero-order valence-electron chi connectivity index (χ0n) is 10.1. The minimum absolute atomic E-state index is 0.0307. The number of benzene rings is 1. The van der Waals surface area contributed by atoms with Gasteiger partial charge in [-0.15, -0.1) is 0 Å². The predicted molar refractivity (Wildman–Crippen MR) is 67.0 cm³/mol. The molecule has 0 unspecified atom stereocenters. The van der Waals surface area contributed by atoms with Crippen LogP contribution in [0.15, 0.2) is 35.7 Å². The van der Waals surface area contributed by atoms with Crippen LogP contribution in [0.5, 0.6) is 5.75 Å². The molecule has 0 radical (unpaired) electrons. The van der Waals surface area contributed by atoms with Gasteiger partial charge in [-0.25, -0.2) is 4.79 Å². The number of ether oxygens (including phenoxy) is 1. The van der Waals surface area contributed by atoms with Crippen LogP contribution in [0.1, 0.15) is 24.4 Å². The molecule has 5 heteroatoms. The number of carboxylic acids is 1. The van der Waals surface area contributed by atoms with Crippen molar-refractivity contribution in [3.8, 4) is 5.75 Å². The third-order valence-electron chi connectivity index (χ3n) is 3.09. The molecule has 5 nitrogen and oxygen atoms in total. The first-order valence-corrected chi connectivity index (χ1v) is 5.74. The van der Waals surface area contributed by atoms with Gasteiger partial charge in [0, 0.05) is 0 Å². The van der Waals surface area contributed by atoms with E-state index in [9.17, 15) is 4.79 Å². The fourth-order valence-electron chi connectivity index (χ4n) is 2.10. The Bertz CT molecular complexity index is 497. The molecule has 96 valence electrons. The minimum atomic E-state index is -0.955. The molecule has 0 aliphatic carbocycles. The number of hydrogen-bond acceptors (Lipinski definition) is 4. The average molecular weight is 248 g/mol. The Morgan fingerprint density at radius 3 is 2.94 bits per heavy atom. The Hall–Kier alpha value is -2.17. The quantitative estimate of drug-likeness (QED) is 0.752. The van der Waals surface area contributed by atoms with Crippen LogP contribution in [0, 0.1) is 0 Å².